The maximum absolute atomic E-state index is 6.48. The van der Waals surface area contributed by atoms with E-state index in [0.29, 0.717) is 63.3 Å². The minimum absolute atomic E-state index is 0.504. The highest BCUT2D eigenvalue weighted by molar-refractivity contribution is 14.1. The van der Waals surface area contributed by atoms with E-state index in [2.05, 4.69) is 431 Å². The first-order valence-electron chi connectivity index (χ1n) is 41.4. The van der Waals surface area contributed by atoms with Gasteiger partial charge in [-0.25, -0.2) is 0 Å². The Morgan fingerprint density at radius 1 is 0.305 bits per heavy atom. The molecular weight excluding hydrogens is 1770 g/mol. The van der Waals surface area contributed by atoms with Gasteiger partial charge in [0.05, 0.1) is 36.6 Å². The van der Waals surface area contributed by atoms with E-state index in [1.54, 1.807) is 0 Å². The molecule has 3 nitrogen and oxygen atoms in total. The van der Waals surface area contributed by atoms with E-state index >= 15 is 0 Å². The number of pyridine rings is 3. The van der Waals surface area contributed by atoms with Crippen LogP contribution in [0, 0.1) is 17.4 Å². The quantitative estimate of drug-likeness (QED) is 0.121. The summed E-state index contributed by atoms with van der Waals surface area (Å²) in [5, 5.41) is 11.6. The normalized spacial score (nSPS) is 10.9. The zero-order chi connectivity index (χ0) is 86.4. The molecule has 616 valence electrons. The largest absolute Gasteiger partial charge is 0.256 e. The molecule has 0 saturated heterocycles. The van der Waals surface area contributed by atoms with Crippen molar-refractivity contribution < 1.29 is 0 Å². The van der Waals surface area contributed by atoms with Gasteiger partial charge in [0.15, 0.2) is 0 Å². The van der Waals surface area contributed by atoms with E-state index in [1.807, 2.05) is 62.5 Å². The van der Waals surface area contributed by atoms with Crippen LogP contribution in [0.2, 0.25) is 20.1 Å². The minimum Gasteiger partial charge on any atom is -0.256 e. The van der Waals surface area contributed by atoms with Crippen molar-refractivity contribution in [1.82, 2.24) is 15.0 Å². The number of fused-ring (bicyclic) bond motifs is 5. The fourth-order valence-electron chi connectivity index (χ4n) is 12.8. The van der Waals surface area contributed by atoms with Crippen molar-refractivity contribution in [2.24, 2.45) is 0 Å². The lowest BCUT2D eigenvalue weighted by atomic mass is 9.99. The monoisotopic (exact) mass is 1880 g/mol. The van der Waals surface area contributed by atoms with Gasteiger partial charge in [0.2, 0.25) is 0 Å². The van der Waals surface area contributed by atoms with Crippen molar-refractivity contribution in [3.8, 4) is 11.1 Å². The summed E-state index contributed by atoms with van der Waals surface area (Å²) in [6.07, 6.45) is 2.76. The van der Waals surface area contributed by atoms with E-state index in [1.165, 1.54) is 97.3 Å². The standard InChI is InChI=1S/C15H18ClN.C15H16.C13H13Br.C13H14ClN.C13H14.C12H13N.C9H11Br.C9H10Cl2.C9H11I/c1-5-12-10(4)17-14-7-6-11(9(2)3)8-13(14)15(12)16;1-12(2)13-8-10-15(11-9-13)14-6-4-3-5-7-14;1-9(2)10-3-4-12-8-13(14)6-5-11(12)7-10;1-8(2)10-4-5-13-11(7-10)12(14)6-9(3)15-13;1-10(2)12-8-7-11-5-3-4-6-13(11)9-12;1-9(2)10-5-6-12-11(8-10)4-3-7-13-12;1-7(2)8-3-5-9(10)6-4-8;1-6(2)7-3-4-8(10)9(11)5-7;1-7(2)8-5-3-4-6-9(8)10/h6-9H,5H2,1-4H3;3-12H,1-2H3;3-9H,1-2H3;4-8H,1-3H3;3-10H,1-2H3;3-9H,1-2H3;3-7H,1-2H3;3-6H,1-2H3;3-7H,1-2H3. The van der Waals surface area contributed by atoms with Gasteiger partial charge in [-0.2, -0.15) is 0 Å². The Balaban J connectivity index is 0.000000184. The molecule has 3 heterocycles. The molecule has 118 heavy (non-hydrogen) atoms. The van der Waals surface area contributed by atoms with Crippen LogP contribution >= 0.6 is 101 Å². The predicted molar refractivity (Wildman–Crippen MR) is 538 cm³/mol. The molecule has 0 unspecified atom stereocenters. The van der Waals surface area contributed by atoms with E-state index in [9.17, 15) is 0 Å². The van der Waals surface area contributed by atoms with Crippen LogP contribution in [0.3, 0.4) is 0 Å². The second kappa shape index (κ2) is 48.6. The first-order valence-corrected chi connectivity index (χ1v) is 45.6. The van der Waals surface area contributed by atoms with Crippen molar-refractivity contribution >= 4 is 155 Å². The number of hydrogen-bond donors (Lipinski definition) is 0. The van der Waals surface area contributed by atoms with Gasteiger partial charge in [-0.1, -0.05) is 392 Å². The molecule has 0 saturated carbocycles. The summed E-state index contributed by atoms with van der Waals surface area (Å²) in [7, 11) is 0. The van der Waals surface area contributed by atoms with Crippen LogP contribution in [0.1, 0.15) is 252 Å². The molecule has 0 spiro atoms. The Labute approximate surface area is 758 Å². The molecule has 0 atom stereocenters. The van der Waals surface area contributed by atoms with Gasteiger partial charge in [-0.3, -0.25) is 15.0 Å². The number of aromatic nitrogens is 3. The van der Waals surface area contributed by atoms with Gasteiger partial charge in [0.25, 0.3) is 0 Å². The van der Waals surface area contributed by atoms with E-state index < -0.39 is 0 Å². The third-order valence-corrected chi connectivity index (χ3v) is 23.9. The summed E-state index contributed by atoms with van der Waals surface area (Å²) in [4.78, 5) is 13.4. The summed E-state index contributed by atoms with van der Waals surface area (Å²) in [5.41, 5.74) is 21.1. The molecule has 15 aromatic rings. The average Bonchev–Trinajstić information content (AvgIpc) is 0.786. The van der Waals surface area contributed by atoms with Crippen LogP contribution in [0.15, 0.2) is 288 Å². The molecule has 0 aliphatic heterocycles. The summed E-state index contributed by atoms with van der Waals surface area (Å²) in [5.74, 6) is 5.23. The number of hydrogen-bond acceptors (Lipinski definition) is 3. The summed E-state index contributed by atoms with van der Waals surface area (Å²) in [6, 6.07) is 95.4. The Hall–Kier alpha value is -7.76. The Morgan fingerprint density at radius 3 is 1.21 bits per heavy atom. The highest BCUT2D eigenvalue weighted by Gasteiger charge is 2.13. The van der Waals surface area contributed by atoms with Crippen LogP contribution in [-0.2, 0) is 6.42 Å². The maximum atomic E-state index is 6.48. The molecular formula is C108H120Br2Cl4IN3. The van der Waals surface area contributed by atoms with Crippen LogP contribution in [-0.4, -0.2) is 15.0 Å². The van der Waals surface area contributed by atoms with Gasteiger partial charge in [-0.15, -0.1) is 0 Å². The van der Waals surface area contributed by atoms with Crippen molar-refractivity contribution in [3.63, 3.8) is 0 Å². The molecule has 0 bridgehead atoms. The van der Waals surface area contributed by atoms with Crippen LogP contribution < -0.4 is 0 Å². The minimum atomic E-state index is 0.504. The second-order valence-corrected chi connectivity index (χ2v) is 37.2. The molecule has 10 heteroatoms. The average molecular weight is 1890 g/mol. The molecule has 0 N–H and O–H groups in total. The lowest BCUT2D eigenvalue weighted by Crippen LogP contribution is -1.96. The maximum Gasteiger partial charge on any atom is 0.0720 e. The molecule has 0 fully saturated rings. The molecule has 0 radical (unpaired) electrons. The van der Waals surface area contributed by atoms with E-state index in [-0.39, 0.29) is 0 Å². The van der Waals surface area contributed by atoms with E-state index in [4.69, 9.17) is 46.4 Å². The number of aryl methyl sites for hydroxylation is 2. The smallest absolute Gasteiger partial charge is 0.0720 e. The number of benzene rings is 12. The summed E-state index contributed by atoms with van der Waals surface area (Å²) >= 11 is 33.5. The summed E-state index contributed by atoms with van der Waals surface area (Å²) < 4.78 is 3.66. The van der Waals surface area contributed by atoms with E-state index in [0.717, 1.165) is 64.1 Å². The topological polar surface area (TPSA) is 38.7 Å². The molecule has 0 aliphatic carbocycles. The predicted octanol–water partition coefficient (Wildman–Crippen LogP) is 36.8. The third-order valence-electron chi connectivity index (χ3n) is 20.4. The lowest BCUT2D eigenvalue weighted by Gasteiger charge is -2.12. The first kappa shape index (κ1) is 97.4. The summed E-state index contributed by atoms with van der Waals surface area (Å²) in [6.45, 7) is 45.7. The van der Waals surface area contributed by atoms with Gasteiger partial charge >= 0.3 is 0 Å². The fourth-order valence-corrected chi connectivity index (χ4v) is 15.5. The first-order chi connectivity index (χ1) is 56.1. The zero-order valence-corrected chi connectivity index (χ0v) is 81.3. The van der Waals surface area contributed by atoms with Crippen LogP contribution in [0.5, 0.6) is 0 Å². The van der Waals surface area contributed by atoms with Crippen LogP contribution in [0.25, 0.3) is 65.4 Å². The SMILES string of the molecule is CC(C)c1ccc(-c2ccccc2)cc1.CC(C)c1ccc(Br)cc1.CC(C)c1ccc(Cl)c(Cl)c1.CC(C)c1ccc2cc(Br)ccc2c1.CC(C)c1ccc2ccccc2c1.CC(C)c1ccc2ncccc2c1.CC(C)c1ccccc1I.CCc1c(C)nc2ccc(C(C)C)cc2c1Cl.Cc1cc(Cl)c2cc(C(C)C)ccc2n1. The van der Waals surface area contributed by atoms with Crippen molar-refractivity contribution in [3.05, 3.63) is 379 Å². The fraction of sp³-hybridized carbons (Fsp3) is 0.287. The number of rotatable bonds is 11. The Bertz CT molecular complexity index is 5540. The highest BCUT2D eigenvalue weighted by atomic mass is 127. The molecule has 12 aromatic carbocycles. The Kier molecular flexibility index (Phi) is 40.1. The van der Waals surface area contributed by atoms with Crippen LogP contribution in [0.4, 0.5) is 0 Å². The number of halogens is 7. The highest BCUT2D eigenvalue weighted by Crippen LogP contribution is 2.34. The molecule has 0 aliphatic rings. The third kappa shape index (κ3) is 30.4. The van der Waals surface area contributed by atoms with Gasteiger partial charge in [0, 0.05) is 46.3 Å². The van der Waals surface area contributed by atoms with Gasteiger partial charge < -0.3 is 0 Å². The Morgan fingerprint density at radius 2 is 0.695 bits per heavy atom. The van der Waals surface area contributed by atoms with Gasteiger partial charge in [0.1, 0.15) is 0 Å². The molecule has 15 rings (SSSR count). The van der Waals surface area contributed by atoms with Crippen molar-refractivity contribution in [2.45, 2.75) is 205 Å². The lowest BCUT2D eigenvalue weighted by molar-refractivity contribution is 0.860. The molecule has 0 amide bonds. The van der Waals surface area contributed by atoms with Gasteiger partial charge in [-0.05, 0) is 275 Å². The zero-order valence-electron chi connectivity index (χ0n) is 72.9. The van der Waals surface area contributed by atoms with Crippen molar-refractivity contribution in [2.75, 3.05) is 0 Å². The number of nitrogens with zero attached hydrogens (tertiary/aromatic N) is 3. The second-order valence-electron chi connectivity index (χ2n) is 32.6. The van der Waals surface area contributed by atoms with Crippen molar-refractivity contribution in [1.29, 1.82) is 0 Å². The molecule has 3 aromatic heterocycles.